The first kappa shape index (κ1) is 8.32. The molecule has 3 nitrogen and oxygen atoms in total. The van der Waals surface area contributed by atoms with Crippen LogP contribution >= 0.6 is 11.3 Å². The summed E-state index contributed by atoms with van der Waals surface area (Å²) in [6.07, 6.45) is 4.79. The third-order valence-electron chi connectivity index (χ3n) is 2.56. The zero-order valence-corrected chi connectivity index (χ0v) is 8.55. The first-order valence-corrected chi connectivity index (χ1v) is 5.63. The van der Waals surface area contributed by atoms with Gasteiger partial charge in [-0.1, -0.05) is 0 Å². The van der Waals surface area contributed by atoms with E-state index in [1.165, 1.54) is 9.71 Å². The highest BCUT2D eigenvalue weighted by Gasteiger charge is 2.18. The molecule has 3 rings (SSSR count). The van der Waals surface area contributed by atoms with E-state index < -0.39 is 0 Å². The molecule has 0 spiro atoms. The van der Waals surface area contributed by atoms with Crippen LogP contribution in [0.25, 0.3) is 10.2 Å². The van der Waals surface area contributed by atoms with E-state index in [0.717, 1.165) is 30.9 Å². The minimum Gasteiger partial charge on any atom is -0.316 e. The molecule has 0 bridgehead atoms. The molecule has 4 heteroatoms. The average Bonchev–Trinajstić information content (AvgIpc) is 2.53. The summed E-state index contributed by atoms with van der Waals surface area (Å²) in [5.74, 6) is 0.795. The van der Waals surface area contributed by atoms with Gasteiger partial charge in [0.25, 0.3) is 0 Å². The molecule has 2 aromatic heterocycles. The lowest BCUT2D eigenvalue weighted by molar-refractivity contribution is 0.346. The molecule has 72 valence electrons. The maximum Gasteiger partial charge on any atom is 0.0998 e. The molecule has 1 aliphatic rings. The molecule has 1 fully saturated rings. The number of nitrogens with zero attached hydrogens (tertiary/aromatic N) is 2. The number of thiazole rings is 1. The molecule has 0 unspecified atom stereocenters. The number of hydrogen-bond acceptors (Lipinski definition) is 4. The summed E-state index contributed by atoms with van der Waals surface area (Å²) in [6, 6.07) is 2.04. The fourth-order valence-electron chi connectivity index (χ4n) is 1.65. The molecule has 0 aliphatic carbocycles. The van der Waals surface area contributed by atoms with Gasteiger partial charge in [-0.25, -0.2) is 4.98 Å². The molecular weight excluding hydrogens is 194 g/mol. The van der Waals surface area contributed by atoms with Gasteiger partial charge in [0.2, 0.25) is 0 Å². The Kier molecular flexibility index (Phi) is 1.96. The van der Waals surface area contributed by atoms with Crippen LogP contribution in [0.2, 0.25) is 0 Å². The molecule has 1 saturated heterocycles. The molecule has 0 aromatic carbocycles. The summed E-state index contributed by atoms with van der Waals surface area (Å²) in [5, 5.41) is 4.53. The van der Waals surface area contributed by atoms with Gasteiger partial charge in [-0.05, 0) is 25.1 Å². The molecule has 0 radical (unpaired) electrons. The first-order chi connectivity index (χ1) is 6.92. The lowest BCUT2D eigenvalue weighted by atomic mass is 10.0. The lowest BCUT2D eigenvalue weighted by Crippen LogP contribution is -2.43. The summed E-state index contributed by atoms with van der Waals surface area (Å²) in [5.41, 5.74) is 1.04. The van der Waals surface area contributed by atoms with Crippen LogP contribution < -0.4 is 5.32 Å². The molecule has 14 heavy (non-hydrogen) atoms. The van der Waals surface area contributed by atoms with Crippen molar-refractivity contribution in [2.45, 2.75) is 6.42 Å². The van der Waals surface area contributed by atoms with Gasteiger partial charge in [-0.3, -0.25) is 4.98 Å². The second-order valence-electron chi connectivity index (χ2n) is 3.68. The Morgan fingerprint density at radius 1 is 1.50 bits per heavy atom. The van der Waals surface area contributed by atoms with Crippen molar-refractivity contribution in [1.82, 2.24) is 15.3 Å². The molecule has 0 saturated carbocycles. The quantitative estimate of drug-likeness (QED) is 0.806. The second kappa shape index (κ2) is 3.29. The summed E-state index contributed by atoms with van der Waals surface area (Å²) < 4.78 is 1.25. The van der Waals surface area contributed by atoms with Crippen LogP contribution in [0.15, 0.2) is 18.5 Å². The van der Waals surface area contributed by atoms with E-state index in [2.05, 4.69) is 15.3 Å². The average molecular weight is 205 g/mol. The van der Waals surface area contributed by atoms with Crippen LogP contribution in [0.4, 0.5) is 0 Å². The molecule has 3 heterocycles. The Labute approximate surface area is 86.2 Å². The van der Waals surface area contributed by atoms with Crippen LogP contribution in [0.3, 0.4) is 0 Å². The largest absolute Gasteiger partial charge is 0.316 e. The van der Waals surface area contributed by atoms with Gasteiger partial charge in [0.1, 0.15) is 0 Å². The number of aromatic nitrogens is 2. The van der Waals surface area contributed by atoms with Crippen molar-refractivity contribution in [3.8, 4) is 0 Å². The van der Waals surface area contributed by atoms with Gasteiger partial charge < -0.3 is 5.32 Å². The van der Waals surface area contributed by atoms with Gasteiger partial charge in [0.15, 0.2) is 0 Å². The molecule has 1 N–H and O–H groups in total. The fraction of sp³-hybridized carbons (Fsp3) is 0.400. The van der Waals surface area contributed by atoms with E-state index in [9.17, 15) is 0 Å². The standard InChI is InChI=1S/C10H11N3S/c1-2-11-6-8-9(1)14-10(13-8)3-7-4-12-5-7/h1-2,6-7,12H,3-5H2. The number of fused-ring (bicyclic) bond motifs is 1. The minimum absolute atomic E-state index is 0.795. The van der Waals surface area contributed by atoms with Gasteiger partial charge >= 0.3 is 0 Å². The smallest absolute Gasteiger partial charge is 0.0998 e. The molecule has 0 atom stereocenters. The maximum atomic E-state index is 4.56. The van der Waals surface area contributed by atoms with Crippen LogP contribution in [-0.4, -0.2) is 23.1 Å². The Morgan fingerprint density at radius 2 is 2.43 bits per heavy atom. The van der Waals surface area contributed by atoms with Gasteiger partial charge in [-0.15, -0.1) is 11.3 Å². The first-order valence-electron chi connectivity index (χ1n) is 4.82. The van der Waals surface area contributed by atoms with Crippen molar-refractivity contribution in [2.24, 2.45) is 5.92 Å². The highest BCUT2D eigenvalue weighted by molar-refractivity contribution is 7.18. The zero-order valence-electron chi connectivity index (χ0n) is 7.73. The van der Waals surface area contributed by atoms with E-state index >= 15 is 0 Å². The maximum absolute atomic E-state index is 4.56. The van der Waals surface area contributed by atoms with Crippen LogP contribution in [-0.2, 0) is 6.42 Å². The van der Waals surface area contributed by atoms with E-state index in [1.54, 1.807) is 11.3 Å². The molecular formula is C10H11N3S. The normalized spacial score (nSPS) is 17.1. The zero-order chi connectivity index (χ0) is 9.38. The monoisotopic (exact) mass is 205 g/mol. The third-order valence-corrected chi connectivity index (χ3v) is 3.62. The number of pyridine rings is 1. The SMILES string of the molecule is c1cc2sc(CC3CNC3)nc2cn1. The van der Waals surface area contributed by atoms with Gasteiger partial charge in [0.05, 0.1) is 21.4 Å². The summed E-state index contributed by atoms with van der Waals surface area (Å²) in [7, 11) is 0. The Bertz CT molecular complexity index is 414. The Balaban J connectivity index is 1.89. The highest BCUT2D eigenvalue weighted by atomic mass is 32.1. The molecule has 2 aromatic rings. The Morgan fingerprint density at radius 3 is 3.14 bits per heavy atom. The topological polar surface area (TPSA) is 37.8 Å². The van der Waals surface area contributed by atoms with Crippen LogP contribution in [0.5, 0.6) is 0 Å². The Hall–Kier alpha value is -1.00. The lowest BCUT2D eigenvalue weighted by Gasteiger charge is -2.25. The molecule has 0 amide bonds. The predicted molar refractivity (Wildman–Crippen MR) is 57.5 cm³/mol. The number of rotatable bonds is 2. The predicted octanol–water partition coefficient (Wildman–Crippen LogP) is 1.45. The van der Waals surface area contributed by atoms with Gasteiger partial charge in [-0.2, -0.15) is 0 Å². The van der Waals surface area contributed by atoms with Crippen molar-refractivity contribution in [1.29, 1.82) is 0 Å². The number of hydrogen-bond donors (Lipinski definition) is 1. The van der Waals surface area contributed by atoms with Crippen molar-refractivity contribution >= 4 is 21.6 Å². The fourth-order valence-corrected chi connectivity index (χ4v) is 2.70. The molecule has 1 aliphatic heterocycles. The third kappa shape index (κ3) is 1.40. The van der Waals surface area contributed by atoms with Crippen molar-refractivity contribution in [3.63, 3.8) is 0 Å². The van der Waals surface area contributed by atoms with Gasteiger partial charge in [0, 0.05) is 12.6 Å². The summed E-state index contributed by atoms with van der Waals surface area (Å²) >= 11 is 1.80. The minimum atomic E-state index is 0.795. The van der Waals surface area contributed by atoms with Crippen molar-refractivity contribution in [3.05, 3.63) is 23.5 Å². The van der Waals surface area contributed by atoms with E-state index in [-0.39, 0.29) is 0 Å². The van der Waals surface area contributed by atoms with Crippen LogP contribution in [0.1, 0.15) is 5.01 Å². The van der Waals surface area contributed by atoms with Crippen molar-refractivity contribution < 1.29 is 0 Å². The van der Waals surface area contributed by atoms with E-state index in [0.29, 0.717) is 0 Å². The van der Waals surface area contributed by atoms with Crippen LogP contribution in [0, 0.1) is 5.92 Å². The summed E-state index contributed by atoms with van der Waals surface area (Å²) in [4.78, 5) is 8.63. The van der Waals surface area contributed by atoms with Crippen molar-refractivity contribution in [2.75, 3.05) is 13.1 Å². The highest BCUT2D eigenvalue weighted by Crippen LogP contribution is 2.23. The van der Waals surface area contributed by atoms with E-state index in [4.69, 9.17) is 0 Å². The van der Waals surface area contributed by atoms with E-state index in [1.807, 2.05) is 18.5 Å². The number of nitrogens with one attached hydrogen (secondary N) is 1. The second-order valence-corrected chi connectivity index (χ2v) is 4.79. The summed E-state index contributed by atoms with van der Waals surface area (Å²) in [6.45, 7) is 2.29.